The number of pyridine rings is 1. The summed E-state index contributed by atoms with van der Waals surface area (Å²) in [5.74, 6) is 0.673. The predicted octanol–water partition coefficient (Wildman–Crippen LogP) is 7.10. The van der Waals surface area contributed by atoms with Gasteiger partial charge in [0, 0.05) is 23.4 Å². The second kappa shape index (κ2) is 9.34. The first-order chi connectivity index (χ1) is 16.2. The molecule has 0 radical (unpaired) electrons. The first-order valence-electron chi connectivity index (χ1n) is 10.1. The molecule has 4 rings (SSSR count). The monoisotopic (exact) mass is 491 g/mol. The Bertz CT molecular complexity index is 1290. The van der Waals surface area contributed by atoms with Crippen LogP contribution in [-0.4, -0.2) is 22.1 Å². The molecule has 2 aromatic carbocycles. The molecular formula is C24H18ClF4N3O2. The Balaban J connectivity index is 1.57. The van der Waals surface area contributed by atoms with Crippen molar-refractivity contribution in [2.75, 3.05) is 7.11 Å². The van der Waals surface area contributed by atoms with Crippen molar-refractivity contribution in [1.29, 1.82) is 0 Å². The van der Waals surface area contributed by atoms with E-state index in [0.717, 1.165) is 12.1 Å². The lowest BCUT2D eigenvalue weighted by atomic mass is 10.1. The van der Waals surface area contributed by atoms with Crippen molar-refractivity contribution in [2.45, 2.75) is 19.2 Å². The Hall–Kier alpha value is -3.59. The molecule has 0 saturated carbocycles. The molecule has 0 aliphatic carbocycles. The van der Waals surface area contributed by atoms with Gasteiger partial charge in [-0.1, -0.05) is 23.7 Å². The van der Waals surface area contributed by atoms with Gasteiger partial charge < -0.3 is 14.5 Å². The maximum atomic E-state index is 13.1. The molecule has 34 heavy (non-hydrogen) atoms. The highest BCUT2D eigenvalue weighted by Gasteiger charge is 2.30. The highest BCUT2D eigenvalue weighted by Crippen LogP contribution is 2.38. The number of ether oxygens (including phenoxy) is 2. The van der Waals surface area contributed by atoms with Crippen molar-refractivity contribution in [1.82, 2.24) is 15.0 Å². The number of H-pyrrole nitrogens is 1. The lowest BCUT2D eigenvalue weighted by Crippen LogP contribution is -2.07. The van der Waals surface area contributed by atoms with Gasteiger partial charge in [0.05, 0.1) is 12.7 Å². The number of rotatable bonds is 6. The van der Waals surface area contributed by atoms with E-state index in [1.807, 2.05) is 0 Å². The van der Waals surface area contributed by atoms with Crippen LogP contribution < -0.4 is 9.47 Å². The summed E-state index contributed by atoms with van der Waals surface area (Å²) in [5.41, 5.74) is 1.42. The molecule has 1 N–H and O–H groups in total. The fourth-order valence-corrected chi connectivity index (χ4v) is 3.57. The molecule has 176 valence electrons. The third kappa shape index (κ3) is 4.99. The van der Waals surface area contributed by atoms with E-state index in [1.54, 1.807) is 25.1 Å². The first-order valence-corrected chi connectivity index (χ1v) is 10.4. The topological polar surface area (TPSA) is 60.0 Å². The first kappa shape index (κ1) is 23.6. The Morgan fingerprint density at radius 2 is 1.76 bits per heavy atom. The van der Waals surface area contributed by atoms with Crippen molar-refractivity contribution in [3.05, 3.63) is 83.0 Å². The number of halogens is 5. The third-order valence-electron chi connectivity index (χ3n) is 5.11. The average Bonchev–Trinajstić information content (AvgIpc) is 3.20. The molecule has 5 nitrogen and oxygen atoms in total. The van der Waals surface area contributed by atoms with E-state index in [2.05, 4.69) is 15.0 Å². The number of benzene rings is 2. The van der Waals surface area contributed by atoms with Gasteiger partial charge >= 0.3 is 6.18 Å². The molecule has 1 unspecified atom stereocenters. The maximum absolute atomic E-state index is 13.1. The van der Waals surface area contributed by atoms with Crippen molar-refractivity contribution < 1.29 is 27.0 Å². The minimum atomic E-state index is -4.40. The van der Waals surface area contributed by atoms with Crippen LogP contribution in [0, 0.1) is 5.95 Å². The molecule has 2 heterocycles. The summed E-state index contributed by atoms with van der Waals surface area (Å²) in [6.07, 6.45) is -3.57. The van der Waals surface area contributed by atoms with Gasteiger partial charge in [-0.25, -0.2) is 9.97 Å². The molecule has 0 amide bonds. The van der Waals surface area contributed by atoms with Gasteiger partial charge in [0.25, 0.3) is 0 Å². The number of alkyl halides is 3. The van der Waals surface area contributed by atoms with E-state index in [0.29, 0.717) is 39.7 Å². The van der Waals surface area contributed by atoms with E-state index >= 15 is 0 Å². The molecule has 0 fully saturated rings. The number of hydrogen-bond donors (Lipinski definition) is 1. The van der Waals surface area contributed by atoms with Gasteiger partial charge in [-0.05, 0) is 48.9 Å². The third-order valence-corrected chi connectivity index (χ3v) is 5.38. The van der Waals surface area contributed by atoms with Gasteiger partial charge in [0.2, 0.25) is 5.95 Å². The van der Waals surface area contributed by atoms with Crippen LogP contribution in [0.5, 0.6) is 11.5 Å². The number of nitrogens with one attached hydrogen (secondary N) is 1. The zero-order chi connectivity index (χ0) is 24.5. The molecular weight excluding hydrogens is 474 g/mol. The van der Waals surface area contributed by atoms with Crippen LogP contribution in [0.4, 0.5) is 17.6 Å². The maximum Gasteiger partial charge on any atom is 0.416 e. The van der Waals surface area contributed by atoms with Crippen LogP contribution in [-0.2, 0) is 6.18 Å². The summed E-state index contributed by atoms with van der Waals surface area (Å²) >= 11 is 6.36. The van der Waals surface area contributed by atoms with E-state index in [1.165, 1.54) is 37.6 Å². The quantitative estimate of drug-likeness (QED) is 0.231. The summed E-state index contributed by atoms with van der Waals surface area (Å²) in [4.78, 5) is 11.0. The molecule has 0 bridgehead atoms. The summed E-state index contributed by atoms with van der Waals surface area (Å²) < 4.78 is 62.9. The summed E-state index contributed by atoms with van der Waals surface area (Å²) in [6, 6.07) is 12.6. The molecule has 1 atom stereocenters. The van der Waals surface area contributed by atoms with Crippen LogP contribution in [0.15, 0.2) is 60.8 Å². The van der Waals surface area contributed by atoms with Crippen LogP contribution >= 0.6 is 11.6 Å². The molecule has 0 aliphatic heterocycles. The van der Waals surface area contributed by atoms with Crippen molar-refractivity contribution >= 4 is 11.6 Å². The van der Waals surface area contributed by atoms with E-state index < -0.39 is 23.8 Å². The lowest BCUT2D eigenvalue weighted by molar-refractivity contribution is -0.137. The van der Waals surface area contributed by atoms with Gasteiger partial charge in [0.1, 0.15) is 34.3 Å². The Morgan fingerprint density at radius 1 is 1.03 bits per heavy atom. The number of aromatic nitrogens is 3. The fourth-order valence-electron chi connectivity index (χ4n) is 3.34. The van der Waals surface area contributed by atoms with Crippen LogP contribution in [0.25, 0.3) is 22.6 Å². The summed E-state index contributed by atoms with van der Waals surface area (Å²) in [5, 5.41) is 0.254. The fraction of sp³-hybridized carbons (Fsp3) is 0.167. The minimum absolute atomic E-state index is 0.254. The highest BCUT2D eigenvalue weighted by atomic mass is 35.5. The number of nitrogens with zero attached hydrogens (tertiary/aromatic N) is 2. The molecule has 0 saturated heterocycles. The molecule has 0 spiro atoms. The second-order valence-corrected chi connectivity index (χ2v) is 7.74. The standard InChI is InChI=1S/C24H18ClF4N3O2/c1-13(14-3-6-16(7-4-14)24(27,28)29)34-17-8-9-18(19(11-17)33-2)21-22(25)32-23(31-21)15-5-10-20(26)30-12-15/h3-13H,1-2H3,(H,31,32). The average molecular weight is 492 g/mol. The smallest absolute Gasteiger partial charge is 0.416 e. The number of methoxy groups -OCH3 is 1. The van der Waals surface area contributed by atoms with Crippen LogP contribution in [0.1, 0.15) is 24.2 Å². The van der Waals surface area contributed by atoms with Crippen molar-refractivity contribution in [2.24, 2.45) is 0 Å². The Kier molecular flexibility index (Phi) is 6.47. The van der Waals surface area contributed by atoms with Gasteiger partial charge in [-0.3, -0.25) is 0 Å². The van der Waals surface area contributed by atoms with Gasteiger partial charge in [-0.15, -0.1) is 0 Å². The number of hydrogen-bond acceptors (Lipinski definition) is 4. The second-order valence-electron chi connectivity index (χ2n) is 7.36. The number of aromatic amines is 1. The highest BCUT2D eigenvalue weighted by molar-refractivity contribution is 6.32. The molecule has 0 aliphatic rings. The predicted molar refractivity (Wildman–Crippen MR) is 119 cm³/mol. The van der Waals surface area contributed by atoms with Crippen molar-refractivity contribution in [3.8, 4) is 34.1 Å². The van der Waals surface area contributed by atoms with Gasteiger partial charge in [0.15, 0.2) is 0 Å². The Labute approximate surface area is 197 Å². The van der Waals surface area contributed by atoms with Gasteiger partial charge in [-0.2, -0.15) is 17.6 Å². The lowest BCUT2D eigenvalue weighted by Gasteiger charge is -2.17. The van der Waals surface area contributed by atoms with Crippen LogP contribution in [0.2, 0.25) is 5.15 Å². The number of imidazole rings is 1. The normalized spacial score (nSPS) is 12.4. The molecule has 10 heteroatoms. The zero-order valence-electron chi connectivity index (χ0n) is 18.0. The summed E-state index contributed by atoms with van der Waals surface area (Å²) in [7, 11) is 1.48. The van der Waals surface area contributed by atoms with Crippen molar-refractivity contribution in [3.63, 3.8) is 0 Å². The largest absolute Gasteiger partial charge is 0.496 e. The molecule has 2 aromatic heterocycles. The Morgan fingerprint density at radius 3 is 2.38 bits per heavy atom. The van der Waals surface area contributed by atoms with Crippen LogP contribution in [0.3, 0.4) is 0 Å². The van der Waals surface area contributed by atoms with E-state index in [-0.39, 0.29) is 5.15 Å². The summed E-state index contributed by atoms with van der Waals surface area (Å²) in [6.45, 7) is 1.73. The minimum Gasteiger partial charge on any atom is -0.496 e. The molecule has 4 aromatic rings. The SMILES string of the molecule is COc1cc(OC(C)c2ccc(C(F)(F)F)cc2)ccc1-c1nc(-c2ccc(F)nc2)[nH]c1Cl. The van der Waals surface area contributed by atoms with E-state index in [4.69, 9.17) is 21.1 Å². The van der Waals surface area contributed by atoms with E-state index in [9.17, 15) is 17.6 Å². The zero-order valence-corrected chi connectivity index (χ0v) is 18.7.